The molecule has 0 aliphatic carbocycles. The van der Waals surface area contributed by atoms with Crippen LogP contribution < -0.4 is 4.90 Å². The maximum Gasteiger partial charge on any atom is 0.253 e. The molecule has 1 unspecified atom stereocenters. The Kier molecular flexibility index (Phi) is 6.39. The zero-order valence-corrected chi connectivity index (χ0v) is 21.4. The van der Waals surface area contributed by atoms with Crippen LogP contribution in [0.25, 0.3) is 10.2 Å². The molecule has 2 aliphatic rings. The van der Waals surface area contributed by atoms with Gasteiger partial charge in [0, 0.05) is 32.7 Å². The predicted molar refractivity (Wildman–Crippen MR) is 134 cm³/mol. The van der Waals surface area contributed by atoms with Crippen molar-refractivity contribution in [1.82, 2.24) is 14.2 Å². The molecule has 2 saturated heterocycles. The van der Waals surface area contributed by atoms with Crippen LogP contribution in [0.5, 0.6) is 0 Å². The number of sulfonamides is 1. The molecule has 4 heterocycles. The Labute approximate surface area is 206 Å². The minimum Gasteiger partial charge on any atom is -0.345 e. The van der Waals surface area contributed by atoms with Gasteiger partial charge in [-0.3, -0.25) is 4.79 Å². The van der Waals surface area contributed by atoms with Crippen molar-refractivity contribution < 1.29 is 13.2 Å². The molecule has 2 fully saturated rings. The summed E-state index contributed by atoms with van der Waals surface area (Å²) in [6.07, 6.45) is 2.18. The molecule has 2 aliphatic heterocycles. The molecule has 1 amide bonds. The molecule has 7 nitrogen and oxygen atoms in total. The second-order valence-electron chi connectivity index (χ2n) is 8.26. The highest BCUT2D eigenvalue weighted by Crippen LogP contribution is 2.34. The second-order valence-corrected chi connectivity index (χ2v) is 13.1. The van der Waals surface area contributed by atoms with Crippen molar-refractivity contribution in [1.29, 1.82) is 0 Å². The lowest BCUT2D eigenvalue weighted by Gasteiger charge is -2.37. The Morgan fingerprint density at radius 3 is 2.61 bits per heavy atom. The maximum absolute atomic E-state index is 13.3. The van der Waals surface area contributed by atoms with E-state index in [1.807, 2.05) is 0 Å². The van der Waals surface area contributed by atoms with E-state index >= 15 is 0 Å². The molecule has 2 aromatic heterocycles. The number of hydrogen-bond acceptors (Lipinski definition) is 7. The third kappa shape index (κ3) is 4.27. The maximum atomic E-state index is 13.3. The molecule has 176 valence electrons. The molecule has 11 heteroatoms. The summed E-state index contributed by atoms with van der Waals surface area (Å²) < 4.78 is 29.4. The third-order valence-electron chi connectivity index (χ3n) is 6.33. The van der Waals surface area contributed by atoms with Crippen molar-refractivity contribution in [2.24, 2.45) is 0 Å². The van der Waals surface area contributed by atoms with Crippen LogP contribution in [0.2, 0.25) is 4.34 Å². The molecule has 0 N–H and O–H groups in total. The number of fused-ring (bicyclic) bond motifs is 1. The smallest absolute Gasteiger partial charge is 0.253 e. The van der Waals surface area contributed by atoms with Crippen LogP contribution in [0.15, 0.2) is 34.5 Å². The number of halogens is 1. The van der Waals surface area contributed by atoms with E-state index < -0.39 is 16.1 Å². The Hall–Kier alpha value is -1.72. The number of rotatable bonds is 5. The minimum absolute atomic E-state index is 0.101. The molecule has 3 aromatic rings. The SMILES string of the molecule is CCc1cccc2sc(N3CCN(C(=O)C4CCCN4S(=O)(=O)c4ccc(Cl)s4)CC3)nc12. The van der Waals surface area contributed by atoms with E-state index in [-0.39, 0.29) is 10.1 Å². The van der Waals surface area contributed by atoms with Crippen LogP contribution in [0.4, 0.5) is 5.13 Å². The number of aromatic nitrogens is 1. The van der Waals surface area contributed by atoms with Crippen molar-refractivity contribution >= 4 is 65.6 Å². The molecule has 0 bridgehead atoms. The molecular weight excluding hydrogens is 500 g/mol. The van der Waals surface area contributed by atoms with Crippen LogP contribution in [0.1, 0.15) is 25.3 Å². The van der Waals surface area contributed by atoms with E-state index in [9.17, 15) is 13.2 Å². The summed E-state index contributed by atoms with van der Waals surface area (Å²) in [7, 11) is -3.72. The van der Waals surface area contributed by atoms with E-state index in [2.05, 4.69) is 30.0 Å². The number of hydrogen-bond donors (Lipinski definition) is 0. The van der Waals surface area contributed by atoms with Gasteiger partial charge in [0.2, 0.25) is 5.91 Å². The van der Waals surface area contributed by atoms with Gasteiger partial charge in [0.05, 0.1) is 14.6 Å². The number of piperazine rings is 1. The summed E-state index contributed by atoms with van der Waals surface area (Å²) >= 11 is 8.67. The number of thiophene rings is 1. The number of aryl methyl sites for hydroxylation is 1. The van der Waals surface area contributed by atoms with Gasteiger partial charge in [0.25, 0.3) is 10.0 Å². The first-order chi connectivity index (χ1) is 15.9. The summed E-state index contributed by atoms with van der Waals surface area (Å²) in [5.41, 5.74) is 2.32. The normalized spacial score (nSPS) is 20.1. The van der Waals surface area contributed by atoms with Crippen LogP contribution >= 0.6 is 34.3 Å². The molecule has 0 saturated carbocycles. The first-order valence-electron chi connectivity index (χ1n) is 11.1. The van der Waals surface area contributed by atoms with Gasteiger partial charge in [-0.15, -0.1) is 11.3 Å². The molecular formula is C22H25ClN4O3S3. The highest BCUT2D eigenvalue weighted by Gasteiger charge is 2.42. The Bertz CT molecular complexity index is 1280. The lowest BCUT2D eigenvalue weighted by atomic mass is 10.1. The van der Waals surface area contributed by atoms with Crippen molar-refractivity contribution in [3.05, 3.63) is 40.2 Å². The van der Waals surface area contributed by atoms with Crippen molar-refractivity contribution in [2.45, 2.75) is 36.4 Å². The first kappa shape index (κ1) is 23.0. The number of anilines is 1. The number of thiazole rings is 1. The van der Waals surface area contributed by atoms with Crippen molar-refractivity contribution in [3.8, 4) is 0 Å². The van der Waals surface area contributed by atoms with E-state index in [0.29, 0.717) is 49.9 Å². The van der Waals surface area contributed by atoms with E-state index in [0.717, 1.165) is 28.4 Å². The van der Waals surface area contributed by atoms with Crippen molar-refractivity contribution in [3.63, 3.8) is 0 Å². The van der Waals surface area contributed by atoms with Gasteiger partial charge in [-0.1, -0.05) is 42.0 Å². The molecule has 5 rings (SSSR count). The summed E-state index contributed by atoms with van der Waals surface area (Å²) in [4.78, 5) is 22.2. The van der Waals surface area contributed by atoms with Crippen LogP contribution in [0.3, 0.4) is 0 Å². The summed E-state index contributed by atoms with van der Waals surface area (Å²) in [5, 5.41) is 0.984. The summed E-state index contributed by atoms with van der Waals surface area (Å²) in [5.74, 6) is -0.101. The predicted octanol–water partition coefficient (Wildman–Crippen LogP) is 4.08. The van der Waals surface area contributed by atoms with E-state index in [1.54, 1.807) is 22.3 Å². The number of nitrogens with zero attached hydrogens (tertiary/aromatic N) is 4. The van der Waals surface area contributed by atoms with Crippen LogP contribution in [-0.4, -0.2) is 67.3 Å². The second kappa shape index (κ2) is 9.14. The topological polar surface area (TPSA) is 73.8 Å². The number of carbonyl (C=O) groups excluding carboxylic acids is 1. The minimum atomic E-state index is -3.72. The highest BCUT2D eigenvalue weighted by atomic mass is 35.5. The fraction of sp³-hybridized carbons (Fsp3) is 0.455. The average Bonchev–Trinajstić information content (AvgIpc) is 3.57. The zero-order chi connectivity index (χ0) is 23.2. The fourth-order valence-electron chi connectivity index (χ4n) is 4.57. The largest absolute Gasteiger partial charge is 0.345 e. The highest BCUT2D eigenvalue weighted by molar-refractivity contribution is 7.91. The van der Waals surface area contributed by atoms with Crippen LogP contribution in [-0.2, 0) is 21.2 Å². The van der Waals surface area contributed by atoms with Gasteiger partial charge in [0.15, 0.2) is 5.13 Å². The average molecular weight is 525 g/mol. The van der Waals surface area contributed by atoms with E-state index in [4.69, 9.17) is 16.6 Å². The lowest BCUT2D eigenvalue weighted by molar-refractivity contribution is -0.134. The third-order valence-corrected chi connectivity index (χ3v) is 11.0. The van der Waals surface area contributed by atoms with Crippen LogP contribution in [0, 0.1) is 0 Å². The Morgan fingerprint density at radius 2 is 1.91 bits per heavy atom. The van der Waals surface area contributed by atoms with Gasteiger partial charge in [-0.05, 0) is 43.0 Å². The Morgan fingerprint density at radius 1 is 1.12 bits per heavy atom. The monoisotopic (exact) mass is 524 g/mol. The standard InChI is InChI=1S/C22H25ClN4O3S3/c1-2-15-5-3-7-17-20(15)24-22(31-17)26-13-11-25(12-14-26)21(28)16-6-4-10-27(16)33(29,30)19-9-8-18(23)32-19/h3,5,7-9,16H,2,4,6,10-14H2,1H3. The number of benzene rings is 1. The molecule has 1 aromatic carbocycles. The lowest BCUT2D eigenvalue weighted by Crippen LogP contribution is -2.54. The van der Waals surface area contributed by atoms with Gasteiger partial charge >= 0.3 is 0 Å². The molecule has 0 spiro atoms. The number of amides is 1. The zero-order valence-electron chi connectivity index (χ0n) is 18.2. The fourth-order valence-corrected chi connectivity index (χ4v) is 8.90. The quantitative estimate of drug-likeness (QED) is 0.503. The van der Waals surface area contributed by atoms with Gasteiger partial charge in [-0.2, -0.15) is 4.31 Å². The van der Waals surface area contributed by atoms with Gasteiger partial charge in [-0.25, -0.2) is 13.4 Å². The summed E-state index contributed by atoms with van der Waals surface area (Å²) in [6.45, 7) is 4.99. The summed E-state index contributed by atoms with van der Waals surface area (Å²) in [6, 6.07) is 8.75. The van der Waals surface area contributed by atoms with Gasteiger partial charge in [0.1, 0.15) is 10.3 Å². The Balaban J connectivity index is 1.28. The van der Waals surface area contributed by atoms with E-state index in [1.165, 1.54) is 20.6 Å². The molecule has 33 heavy (non-hydrogen) atoms. The number of para-hydroxylation sites is 1. The molecule has 0 radical (unpaired) electrons. The number of carbonyl (C=O) groups is 1. The van der Waals surface area contributed by atoms with Crippen molar-refractivity contribution in [2.75, 3.05) is 37.6 Å². The molecule has 1 atom stereocenters. The van der Waals surface area contributed by atoms with Gasteiger partial charge < -0.3 is 9.80 Å². The first-order valence-corrected chi connectivity index (χ1v) is 14.5.